The van der Waals surface area contributed by atoms with Crippen LogP contribution >= 0.6 is 0 Å². The van der Waals surface area contributed by atoms with Gasteiger partial charge >= 0.3 is 0 Å². The van der Waals surface area contributed by atoms with Crippen molar-refractivity contribution in [2.75, 3.05) is 59.3 Å². The fraction of sp³-hybridized carbons (Fsp3) is 0.273. The number of fused-ring (bicyclic) bond motifs is 2. The first-order chi connectivity index (χ1) is 28.0. The predicted octanol–water partition coefficient (Wildman–Crippen LogP) is 5.30. The molecule has 13 heteroatoms. The summed E-state index contributed by atoms with van der Waals surface area (Å²) in [6, 6.07) is 30.9. The zero-order valence-electron chi connectivity index (χ0n) is 31.3. The highest BCUT2D eigenvalue weighted by molar-refractivity contribution is 5.84. The second-order valence-corrected chi connectivity index (χ2v) is 15.1. The van der Waals surface area contributed by atoms with Crippen LogP contribution in [0.3, 0.4) is 0 Å². The first kappa shape index (κ1) is 35.0. The lowest BCUT2D eigenvalue weighted by Gasteiger charge is -2.40. The Kier molecular flexibility index (Phi) is 9.15. The Balaban J connectivity index is 0.733. The average Bonchev–Trinajstić information content (AvgIpc) is 3.56. The number of nitrogens with zero attached hydrogens (tertiary/aromatic N) is 9. The lowest BCUT2D eigenvalue weighted by Crippen LogP contribution is -2.46. The van der Waals surface area contributed by atoms with Gasteiger partial charge in [0.2, 0.25) is 0 Å². The summed E-state index contributed by atoms with van der Waals surface area (Å²) in [5.41, 5.74) is 5.99. The summed E-state index contributed by atoms with van der Waals surface area (Å²) in [6.45, 7) is 4.98. The van der Waals surface area contributed by atoms with Crippen LogP contribution in [-0.2, 0) is 13.2 Å². The quantitative estimate of drug-likeness (QED) is 0.157. The minimum atomic E-state index is -0.778. The number of aliphatic hydroxyl groups is 2. The van der Waals surface area contributed by atoms with Crippen LogP contribution in [0.2, 0.25) is 0 Å². The maximum atomic E-state index is 10.1. The molecule has 0 aliphatic carbocycles. The van der Waals surface area contributed by atoms with Crippen LogP contribution in [0.25, 0.3) is 21.8 Å². The van der Waals surface area contributed by atoms with E-state index in [4.69, 9.17) is 19.7 Å². The molecule has 57 heavy (non-hydrogen) atoms. The van der Waals surface area contributed by atoms with Gasteiger partial charge in [-0.05, 0) is 59.7 Å². The van der Waals surface area contributed by atoms with Gasteiger partial charge in [-0.2, -0.15) is 0 Å². The van der Waals surface area contributed by atoms with Crippen molar-refractivity contribution in [3.8, 4) is 5.75 Å². The molecule has 3 aliphatic heterocycles. The van der Waals surface area contributed by atoms with Gasteiger partial charge in [-0.25, -0.2) is 19.9 Å². The molecule has 0 saturated carbocycles. The number of β-amino-alcohol motifs (C(OH)–C–C–N with tert-alkyl or cyclic N) is 2. The smallest absolute Gasteiger partial charge is 0.150 e. The minimum absolute atomic E-state index is 0.186. The Hall–Kier alpha value is -6.44. The van der Waals surface area contributed by atoms with Crippen molar-refractivity contribution >= 4 is 45.1 Å². The van der Waals surface area contributed by atoms with Crippen molar-refractivity contribution in [1.29, 1.82) is 0 Å². The van der Waals surface area contributed by atoms with Crippen molar-refractivity contribution in [2.45, 2.75) is 37.2 Å². The van der Waals surface area contributed by atoms with Crippen LogP contribution in [0.5, 0.6) is 5.75 Å². The summed E-state index contributed by atoms with van der Waals surface area (Å²) in [6.07, 6.45) is 5.32. The Bertz CT molecular complexity index is 2530. The third kappa shape index (κ3) is 7.00. The van der Waals surface area contributed by atoms with E-state index >= 15 is 0 Å². The van der Waals surface area contributed by atoms with Gasteiger partial charge in [0.1, 0.15) is 29.8 Å². The Labute approximate surface area is 329 Å². The van der Waals surface area contributed by atoms with Gasteiger partial charge in [0.25, 0.3) is 0 Å². The van der Waals surface area contributed by atoms with Crippen molar-refractivity contribution in [2.24, 2.45) is 0 Å². The summed E-state index contributed by atoms with van der Waals surface area (Å²) in [7, 11) is 0. The van der Waals surface area contributed by atoms with E-state index in [9.17, 15) is 10.2 Å². The topological polar surface area (TPSA) is 149 Å². The van der Waals surface area contributed by atoms with Gasteiger partial charge < -0.3 is 35.0 Å². The molecule has 3 saturated heterocycles. The number of hydrogen-bond acceptors (Lipinski definition) is 13. The van der Waals surface area contributed by atoms with Crippen LogP contribution in [0, 0.1) is 0 Å². The molecule has 2 atom stereocenters. The van der Waals surface area contributed by atoms with Crippen LogP contribution < -0.4 is 24.8 Å². The molecule has 3 fully saturated rings. The lowest BCUT2D eigenvalue weighted by atomic mass is 9.95. The number of rotatable bonds is 11. The molecule has 0 spiro atoms. The van der Waals surface area contributed by atoms with Crippen molar-refractivity contribution in [3.05, 3.63) is 138 Å². The summed E-state index contributed by atoms with van der Waals surface area (Å²) >= 11 is 0. The van der Waals surface area contributed by atoms with E-state index in [0.717, 1.165) is 99.5 Å². The highest BCUT2D eigenvalue weighted by Gasteiger charge is 2.37. The van der Waals surface area contributed by atoms with Crippen LogP contribution in [-0.4, -0.2) is 91.6 Å². The molecule has 3 aliphatic rings. The van der Waals surface area contributed by atoms with Crippen molar-refractivity contribution < 1.29 is 14.9 Å². The summed E-state index contributed by atoms with van der Waals surface area (Å²) in [4.78, 5) is 34.9. The highest BCUT2D eigenvalue weighted by atomic mass is 16.5. The highest BCUT2D eigenvalue weighted by Crippen LogP contribution is 2.36. The summed E-state index contributed by atoms with van der Waals surface area (Å²) in [5, 5.41) is 25.9. The predicted molar refractivity (Wildman–Crippen MR) is 220 cm³/mol. The first-order valence-corrected chi connectivity index (χ1v) is 19.5. The number of pyridine rings is 2. The third-order valence-electron chi connectivity index (χ3n) is 11.3. The number of nitrogens with one attached hydrogen (secondary N) is 1. The van der Waals surface area contributed by atoms with Gasteiger partial charge in [-0.1, -0.05) is 42.5 Å². The number of benzene rings is 3. The fourth-order valence-electron chi connectivity index (χ4n) is 8.07. The molecule has 0 bridgehead atoms. The van der Waals surface area contributed by atoms with E-state index in [-0.39, 0.29) is 11.8 Å². The molecule has 3 aromatic carbocycles. The Morgan fingerprint density at radius 1 is 0.596 bits per heavy atom. The molecule has 7 aromatic rings. The van der Waals surface area contributed by atoms with Gasteiger partial charge in [0.15, 0.2) is 5.82 Å². The third-order valence-corrected chi connectivity index (χ3v) is 11.3. The van der Waals surface area contributed by atoms with E-state index in [1.165, 1.54) is 0 Å². The minimum Gasteiger partial charge on any atom is -0.489 e. The number of ether oxygens (including phenoxy) is 1. The first-order valence-electron chi connectivity index (χ1n) is 19.5. The monoisotopic (exact) mass is 758 g/mol. The maximum Gasteiger partial charge on any atom is 0.150 e. The van der Waals surface area contributed by atoms with Crippen molar-refractivity contribution in [1.82, 2.24) is 29.9 Å². The van der Waals surface area contributed by atoms with Crippen LogP contribution in [0.1, 0.15) is 34.4 Å². The molecule has 0 amide bonds. The summed E-state index contributed by atoms with van der Waals surface area (Å²) < 4.78 is 6.26. The SMILES string of the molecule is O[C@H]1CN(c2nccnc2C2CN(c3ccc4c(COc5ccc(CNc6nccnc6C6CN(c7ccc8ccccc8n7)C6)cc5)cccc4n3)C2)C[C@@H]1O. The van der Waals surface area contributed by atoms with Crippen molar-refractivity contribution in [3.63, 3.8) is 0 Å². The molecule has 10 rings (SSSR count). The van der Waals surface area contributed by atoms with E-state index < -0.39 is 12.2 Å². The largest absolute Gasteiger partial charge is 0.489 e. The van der Waals surface area contributed by atoms with E-state index in [1.54, 1.807) is 24.8 Å². The van der Waals surface area contributed by atoms with Gasteiger partial charge in [-0.3, -0.25) is 9.97 Å². The summed E-state index contributed by atoms with van der Waals surface area (Å²) in [5.74, 6) is 4.73. The molecule has 0 radical (unpaired) electrons. The van der Waals surface area contributed by atoms with Gasteiger partial charge in [-0.15, -0.1) is 0 Å². The van der Waals surface area contributed by atoms with E-state index in [0.29, 0.717) is 26.2 Å². The Morgan fingerprint density at radius 3 is 2.04 bits per heavy atom. The molecule has 7 heterocycles. The second kappa shape index (κ2) is 14.9. The second-order valence-electron chi connectivity index (χ2n) is 15.1. The molecular weight excluding hydrogens is 717 g/mol. The number of anilines is 4. The zero-order valence-corrected chi connectivity index (χ0v) is 31.3. The number of aliphatic hydroxyl groups excluding tert-OH is 2. The number of para-hydroxylation sites is 1. The fourth-order valence-corrected chi connectivity index (χ4v) is 8.07. The van der Waals surface area contributed by atoms with Crippen LogP contribution in [0.15, 0.2) is 116 Å². The molecule has 0 unspecified atom stereocenters. The average molecular weight is 759 g/mol. The Morgan fingerprint density at radius 2 is 1.25 bits per heavy atom. The molecule has 3 N–H and O–H groups in total. The van der Waals surface area contributed by atoms with Gasteiger partial charge in [0, 0.05) is 93.2 Å². The lowest BCUT2D eigenvalue weighted by molar-refractivity contribution is 0.0572. The number of hydrogen-bond donors (Lipinski definition) is 3. The molecule has 4 aromatic heterocycles. The van der Waals surface area contributed by atoms with E-state index in [2.05, 4.69) is 84.7 Å². The van der Waals surface area contributed by atoms with Crippen LogP contribution in [0.4, 0.5) is 23.3 Å². The normalized spacial score (nSPS) is 18.5. The van der Waals surface area contributed by atoms with Gasteiger partial charge in [0.05, 0.1) is 34.6 Å². The molecule has 13 nitrogen and oxygen atoms in total. The molecule has 286 valence electrons. The number of aromatic nitrogens is 6. The van der Waals surface area contributed by atoms with E-state index in [1.807, 2.05) is 41.3 Å². The molecular formula is C44H42N10O3. The maximum absolute atomic E-state index is 10.1. The standard InChI is InChI=1S/C44H42N10O3/c55-37-25-54(26-38(37)56)44-42(46-17-19-48-44)32-23-53(24-32)40-15-13-34-30(5-3-7-36(34)51-40)27-57-33-11-8-28(9-12-33)20-49-43-41(45-16-18-47-43)31-21-52(22-31)39-14-10-29-4-1-2-6-35(29)50-39/h1-19,31-32,37-38,55-56H,20-27H2,(H,47,49)/t37-,38-/m0/s1. The zero-order chi connectivity index (χ0) is 38.3.